The quantitative estimate of drug-likeness (QED) is 0.868. The Morgan fingerprint density at radius 2 is 1.89 bits per heavy atom. The molecule has 0 bridgehead atoms. The van der Waals surface area contributed by atoms with Gasteiger partial charge in [0.15, 0.2) is 0 Å². The standard InChI is InChI=1S/C14H15NO3/c1-9-4-3-5-10(2)13(9)15-8-11-6-7-12(18-11)14(16)17/h3-7,15H,8H2,1-2H3,(H,16,17). The molecule has 0 spiro atoms. The molecule has 0 atom stereocenters. The first kappa shape index (κ1) is 12.2. The van der Waals surface area contributed by atoms with Gasteiger partial charge in [-0.25, -0.2) is 4.79 Å². The minimum atomic E-state index is -1.05. The fourth-order valence-corrected chi connectivity index (χ4v) is 1.86. The normalized spacial score (nSPS) is 10.3. The zero-order valence-electron chi connectivity index (χ0n) is 10.4. The molecule has 0 unspecified atom stereocenters. The summed E-state index contributed by atoms with van der Waals surface area (Å²) in [5.74, 6) is -0.475. The lowest BCUT2D eigenvalue weighted by molar-refractivity contribution is 0.0660. The Hall–Kier alpha value is -2.23. The van der Waals surface area contributed by atoms with E-state index in [9.17, 15) is 4.79 Å². The van der Waals surface area contributed by atoms with Crippen LogP contribution < -0.4 is 5.32 Å². The molecule has 0 aliphatic carbocycles. The highest BCUT2D eigenvalue weighted by Gasteiger charge is 2.09. The molecule has 2 rings (SSSR count). The highest BCUT2D eigenvalue weighted by atomic mass is 16.4. The Balaban J connectivity index is 2.09. The fourth-order valence-electron chi connectivity index (χ4n) is 1.86. The van der Waals surface area contributed by atoms with Crippen LogP contribution in [0.25, 0.3) is 0 Å². The Morgan fingerprint density at radius 1 is 1.22 bits per heavy atom. The third-order valence-corrected chi connectivity index (χ3v) is 2.79. The summed E-state index contributed by atoms with van der Waals surface area (Å²) in [6.45, 7) is 4.53. The number of hydrogen-bond donors (Lipinski definition) is 2. The lowest BCUT2D eigenvalue weighted by Gasteiger charge is -2.11. The highest BCUT2D eigenvalue weighted by Crippen LogP contribution is 2.20. The van der Waals surface area contributed by atoms with Gasteiger partial charge in [-0.3, -0.25) is 0 Å². The number of hydrogen-bond acceptors (Lipinski definition) is 3. The number of nitrogens with one attached hydrogen (secondary N) is 1. The van der Waals surface area contributed by atoms with Crippen molar-refractivity contribution < 1.29 is 14.3 Å². The summed E-state index contributed by atoms with van der Waals surface area (Å²) in [5.41, 5.74) is 3.37. The third-order valence-electron chi connectivity index (χ3n) is 2.79. The fraction of sp³-hybridized carbons (Fsp3) is 0.214. The zero-order valence-corrected chi connectivity index (χ0v) is 10.4. The summed E-state index contributed by atoms with van der Waals surface area (Å²) in [6, 6.07) is 9.19. The summed E-state index contributed by atoms with van der Waals surface area (Å²) in [4.78, 5) is 10.7. The molecule has 0 aliphatic heterocycles. The first-order chi connectivity index (χ1) is 8.58. The molecule has 4 heteroatoms. The van der Waals surface area contributed by atoms with E-state index in [0.717, 1.165) is 16.8 Å². The minimum Gasteiger partial charge on any atom is -0.475 e. The summed E-state index contributed by atoms with van der Waals surface area (Å²) in [5, 5.41) is 12.0. The molecule has 1 heterocycles. The van der Waals surface area contributed by atoms with Crippen LogP contribution in [0.5, 0.6) is 0 Å². The summed E-state index contributed by atoms with van der Waals surface area (Å²) in [7, 11) is 0. The van der Waals surface area contributed by atoms with Crippen molar-refractivity contribution in [1.82, 2.24) is 0 Å². The SMILES string of the molecule is Cc1cccc(C)c1NCc1ccc(C(=O)O)o1. The third kappa shape index (κ3) is 2.53. The molecule has 0 saturated carbocycles. The molecular formula is C14H15NO3. The van der Waals surface area contributed by atoms with Crippen LogP contribution in [0.2, 0.25) is 0 Å². The number of carboxylic acid groups (broad SMARTS) is 1. The van der Waals surface area contributed by atoms with Crippen LogP contribution in [0.1, 0.15) is 27.4 Å². The molecule has 94 valence electrons. The van der Waals surface area contributed by atoms with Gasteiger partial charge in [-0.1, -0.05) is 18.2 Å². The number of carboxylic acids is 1. The molecule has 0 amide bonds. The van der Waals surface area contributed by atoms with Crippen molar-refractivity contribution in [2.75, 3.05) is 5.32 Å². The Labute approximate surface area is 105 Å². The molecule has 4 nitrogen and oxygen atoms in total. The zero-order chi connectivity index (χ0) is 13.1. The monoisotopic (exact) mass is 245 g/mol. The lowest BCUT2D eigenvalue weighted by Crippen LogP contribution is -2.02. The molecule has 2 aromatic rings. The maximum Gasteiger partial charge on any atom is 0.371 e. The van der Waals surface area contributed by atoms with Crippen molar-refractivity contribution in [3.05, 3.63) is 53.0 Å². The number of carbonyl (C=O) groups is 1. The average Bonchev–Trinajstić information content (AvgIpc) is 2.77. The van der Waals surface area contributed by atoms with Crippen LogP contribution in [0.15, 0.2) is 34.7 Å². The van der Waals surface area contributed by atoms with E-state index in [0.29, 0.717) is 12.3 Å². The second-order valence-corrected chi connectivity index (χ2v) is 4.19. The van der Waals surface area contributed by atoms with E-state index in [1.54, 1.807) is 6.07 Å². The Kier molecular flexibility index (Phi) is 3.37. The summed E-state index contributed by atoms with van der Waals surface area (Å²) < 4.78 is 5.18. The van der Waals surface area contributed by atoms with E-state index >= 15 is 0 Å². The summed E-state index contributed by atoms with van der Waals surface area (Å²) >= 11 is 0. The Morgan fingerprint density at radius 3 is 2.44 bits per heavy atom. The van der Waals surface area contributed by atoms with Crippen LogP contribution in [0.4, 0.5) is 5.69 Å². The number of benzene rings is 1. The van der Waals surface area contributed by atoms with Gasteiger partial charge in [0.25, 0.3) is 0 Å². The molecule has 0 fully saturated rings. The maximum atomic E-state index is 10.7. The number of para-hydroxylation sites is 1. The van der Waals surface area contributed by atoms with Gasteiger partial charge in [0, 0.05) is 5.69 Å². The number of aryl methyl sites for hydroxylation is 2. The number of anilines is 1. The minimum absolute atomic E-state index is 0.0340. The van der Waals surface area contributed by atoms with Crippen molar-refractivity contribution in [3.8, 4) is 0 Å². The van der Waals surface area contributed by atoms with E-state index < -0.39 is 5.97 Å². The molecule has 2 N–H and O–H groups in total. The van der Waals surface area contributed by atoms with Crippen LogP contribution in [0, 0.1) is 13.8 Å². The predicted octanol–water partition coefficient (Wildman–Crippen LogP) is 3.21. The van der Waals surface area contributed by atoms with E-state index in [-0.39, 0.29) is 5.76 Å². The van der Waals surface area contributed by atoms with E-state index in [2.05, 4.69) is 5.32 Å². The van der Waals surface area contributed by atoms with Crippen molar-refractivity contribution in [2.24, 2.45) is 0 Å². The summed E-state index contributed by atoms with van der Waals surface area (Å²) in [6.07, 6.45) is 0. The topological polar surface area (TPSA) is 62.5 Å². The Bertz CT molecular complexity index is 552. The predicted molar refractivity (Wildman–Crippen MR) is 68.9 cm³/mol. The van der Waals surface area contributed by atoms with Gasteiger partial charge in [-0.2, -0.15) is 0 Å². The van der Waals surface area contributed by atoms with Crippen LogP contribution in [-0.2, 0) is 6.54 Å². The molecule has 0 aliphatic rings. The lowest BCUT2D eigenvalue weighted by atomic mass is 10.1. The molecule has 18 heavy (non-hydrogen) atoms. The maximum absolute atomic E-state index is 10.7. The van der Waals surface area contributed by atoms with Gasteiger partial charge < -0.3 is 14.8 Å². The number of rotatable bonds is 4. The van der Waals surface area contributed by atoms with Gasteiger partial charge in [-0.15, -0.1) is 0 Å². The number of furan rings is 1. The van der Waals surface area contributed by atoms with Crippen LogP contribution >= 0.6 is 0 Å². The van der Waals surface area contributed by atoms with Gasteiger partial charge in [-0.05, 0) is 37.1 Å². The first-order valence-corrected chi connectivity index (χ1v) is 5.70. The molecule has 0 saturated heterocycles. The van der Waals surface area contributed by atoms with E-state index in [4.69, 9.17) is 9.52 Å². The van der Waals surface area contributed by atoms with Gasteiger partial charge in [0.2, 0.25) is 5.76 Å². The second-order valence-electron chi connectivity index (χ2n) is 4.19. The second kappa shape index (κ2) is 4.96. The van der Waals surface area contributed by atoms with Gasteiger partial charge in [0.05, 0.1) is 6.54 Å². The largest absolute Gasteiger partial charge is 0.475 e. The smallest absolute Gasteiger partial charge is 0.371 e. The van der Waals surface area contributed by atoms with Crippen molar-refractivity contribution >= 4 is 11.7 Å². The highest BCUT2D eigenvalue weighted by molar-refractivity contribution is 5.84. The number of aromatic carboxylic acids is 1. The van der Waals surface area contributed by atoms with Crippen molar-refractivity contribution in [1.29, 1.82) is 0 Å². The molecule has 1 aromatic carbocycles. The van der Waals surface area contributed by atoms with Crippen molar-refractivity contribution in [3.63, 3.8) is 0 Å². The van der Waals surface area contributed by atoms with Crippen LogP contribution in [-0.4, -0.2) is 11.1 Å². The van der Waals surface area contributed by atoms with Crippen molar-refractivity contribution in [2.45, 2.75) is 20.4 Å². The average molecular weight is 245 g/mol. The molecule has 1 aromatic heterocycles. The molecular weight excluding hydrogens is 230 g/mol. The van der Waals surface area contributed by atoms with E-state index in [1.165, 1.54) is 6.07 Å². The van der Waals surface area contributed by atoms with Crippen LogP contribution in [0.3, 0.4) is 0 Å². The molecule has 0 radical (unpaired) electrons. The first-order valence-electron chi connectivity index (χ1n) is 5.70. The van der Waals surface area contributed by atoms with Gasteiger partial charge in [0.1, 0.15) is 5.76 Å². The van der Waals surface area contributed by atoms with E-state index in [1.807, 2.05) is 32.0 Å². The van der Waals surface area contributed by atoms with Gasteiger partial charge >= 0.3 is 5.97 Å².